The lowest BCUT2D eigenvalue weighted by molar-refractivity contribution is -0.154. The topological polar surface area (TPSA) is 62.7 Å². The second kappa shape index (κ2) is 8.09. The number of pyridine rings is 1. The number of benzene rings is 1. The summed E-state index contributed by atoms with van der Waals surface area (Å²) in [6.45, 7) is 6.07. The highest BCUT2D eigenvalue weighted by molar-refractivity contribution is 6.10. The van der Waals surface area contributed by atoms with E-state index in [4.69, 9.17) is 4.74 Å². The van der Waals surface area contributed by atoms with Crippen molar-refractivity contribution in [1.29, 1.82) is 0 Å². The molecule has 0 saturated carbocycles. The van der Waals surface area contributed by atoms with Gasteiger partial charge in [-0.2, -0.15) is 0 Å². The molecule has 2 aliphatic rings. The van der Waals surface area contributed by atoms with E-state index in [-0.39, 0.29) is 17.8 Å². The number of amides is 1. The molecule has 2 aliphatic heterocycles. The van der Waals surface area contributed by atoms with E-state index in [1.54, 1.807) is 6.20 Å². The number of hydrogen-bond donors (Lipinski definition) is 0. The zero-order valence-electron chi connectivity index (χ0n) is 17.9. The number of hydrogen-bond acceptors (Lipinski definition) is 5. The van der Waals surface area contributed by atoms with Crippen LogP contribution in [0.25, 0.3) is 0 Å². The van der Waals surface area contributed by atoms with E-state index >= 15 is 0 Å². The van der Waals surface area contributed by atoms with Gasteiger partial charge in [0, 0.05) is 31.5 Å². The van der Waals surface area contributed by atoms with Crippen LogP contribution >= 0.6 is 0 Å². The van der Waals surface area contributed by atoms with E-state index in [0.29, 0.717) is 24.5 Å². The van der Waals surface area contributed by atoms with Crippen molar-refractivity contribution in [3.63, 3.8) is 0 Å². The second-order valence-corrected chi connectivity index (χ2v) is 8.71. The van der Waals surface area contributed by atoms with Gasteiger partial charge in [-0.3, -0.25) is 9.59 Å². The van der Waals surface area contributed by atoms with Crippen molar-refractivity contribution in [3.05, 3.63) is 53.7 Å². The summed E-state index contributed by atoms with van der Waals surface area (Å²) in [5.41, 5.74) is 2.22. The van der Waals surface area contributed by atoms with Crippen LogP contribution in [-0.2, 0) is 16.0 Å². The van der Waals surface area contributed by atoms with Gasteiger partial charge in [-0.1, -0.05) is 18.2 Å². The monoisotopic (exact) mass is 407 g/mol. The van der Waals surface area contributed by atoms with Crippen molar-refractivity contribution in [2.45, 2.75) is 33.1 Å². The highest BCUT2D eigenvalue weighted by atomic mass is 16.5. The summed E-state index contributed by atoms with van der Waals surface area (Å²) in [5, 5.41) is 0. The second-order valence-electron chi connectivity index (χ2n) is 8.71. The lowest BCUT2D eigenvalue weighted by Gasteiger charge is -2.40. The van der Waals surface area contributed by atoms with Crippen molar-refractivity contribution in [1.82, 2.24) is 4.98 Å². The van der Waals surface area contributed by atoms with Gasteiger partial charge in [0.15, 0.2) is 0 Å². The van der Waals surface area contributed by atoms with Gasteiger partial charge in [0.05, 0.1) is 18.1 Å². The number of aromatic nitrogens is 1. The first-order valence-electron chi connectivity index (χ1n) is 10.6. The molecule has 1 atom stereocenters. The molecule has 1 amide bonds. The van der Waals surface area contributed by atoms with Gasteiger partial charge in [0.2, 0.25) is 0 Å². The van der Waals surface area contributed by atoms with Crippen molar-refractivity contribution in [3.8, 4) is 0 Å². The van der Waals surface area contributed by atoms with Crippen LogP contribution < -0.4 is 9.80 Å². The van der Waals surface area contributed by atoms with Crippen LogP contribution in [0.5, 0.6) is 0 Å². The SMILES string of the molecule is COC(=O)C(C)(C)C1CCCN(c2ncccc2C(=O)N2CCc3ccccc32)C1. The van der Waals surface area contributed by atoms with Gasteiger partial charge < -0.3 is 14.5 Å². The number of anilines is 2. The maximum Gasteiger partial charge on any atom is 0.311 e. The van der Waals surface area contributed by atoms with Gasteiger partial charge in [-0.25, -0.2) is 4.98 Å². The molecule has 0 N–H and O–H groups in total. The molecule has 0 spiro atoms. The molecule has 2 aromatic rings. The molecule has 1 fully saturated rings. The number of esters is 1. The minimum absolute atomic E-state index is 0.0163. The van der Waals surface area contributed by atoms with Gasteiger partial charge in [-0.05, 0) is 62.8 Å². The average Bonchev–Trinajstić information content (AvgIpc) is 3.22. The fraction of sp³-hybridized carbons (Fsp3) is 0.458. The number of nitrogens with zero attached hydrogens (tertiary/aromatic N) is 3. The largest absolute Gasteiger partial charge is 0.469 e. The first kappa shape index (κ1) is 20.4. The van der Waals surface area contributed by atoms with Gasteiger partial charge in [-0.15, -0.1) is 0 Å². The Morgan fingerprint density at radius 3 is 2.73 bits per heavy atom. The molecule has 158 valence electrons. The third-order valence-electron chi connectivity index (χ3n) is 6.60. The molecule has 0 aliphatic carbocycles. The van der Waals surface area contributed by atoms with Crippen molar-refractivity contribution < 1.29 is 14.3 Å². The van der Waals surface area contributed by atoms with E-state index < -0.39 is 5.41 Å². The minimum atomic E-state index is -0.583. The minimum Gasteiger partial charge on any atom is -0.469 e. The molecule has 1 aromatic heterocycles. The summed E-state index contributed by atoms with van der Waals surface area (Å²) >= 11 is 0. The van der Waals surface area contributed by atoms with Crippen LogP contribution in [0.1, 0.15) is 42.6 Å². The zero-order chi connectivity index (χ0) is 21.3. The highest BCUT2D eigenvalue weighted by Crippen LogP contribution is 2.37. The molecule has 30 heavy (non-hydrogen) atoms. The van der Waals surface area contributed by atoms with Gasteiger partial charge >= 0.3 is 5.97 Å². The van der Waals surface area contributed by atoms with Gasteiger partial charge in [0.1, 0.15) is 5.82 Å². The Hall–Kier alpha value is -2.89. The van der Waals surface area contributed by atoms with Crippen LogP contribution in [0.15, 0.2) is 42.6 Å². The maximum absolute atomic E-state index is 13.5. The van der Waals surface area contributed by atoms with Crippen molar-refractivity contribution in [2.24, 2.45) is 11.3 Å². The summed E-state index contributed by atoms with van der Waals surface area (Å²) in [6.07, 6.45) is 4.51. The van der Waals surface area contributed by atoms with Crippen LogP contribution in [0.4, 0.5) is 11.5 Å². The number of ether oxygens (including phenoxy) is 1. The Kier molecular flexibility index (Phi) is 5.50. The smallest absolute Gasteiger partial charge is 0.311 e. The van der Waals surface area contributed by atoms with Crippen LogP contribution in [0.3, 0.4) is 0 Å². The Bertz CT molecular complexity index is 956. The standard InChI is InChI=1S/C24H29N3O3/c1-24(2,23(29)30-3)18-9-7-14-26(16-18)21-19(10-6-13-25-21)22(28)27-15-12-17-8-4-5-11-20(17)27/h4-6,8,10-11,13,18H,7,9,12,14-16H2,1-3H3. The number of carbonyl (C=O) groups is 2. The summed E-state index contributed by atoms with van der Waals surface area (Å²) in [7, 11) is 1.44. The molecule has 6 nitrogen and oxygen atoms in total. The molecule has 3 heterocycles. The molecule has 0 bridgehead atoms. The number of fused-ring (bicyclic) bond motifs is 1. The molecule has 4 rings (SSSR count). The maximum atomic E-state index is 13.5. The fourth-order valence-electron chi connectivity index (χ4n) is 4.70. The predicted molar refractivity (Wildman–Crippen MR) is 117 cm³/mol. The first-order chi connectivity index (χ1) is 14.4. The van der Waals surface area contributed by atoms with E-state index in [1.807, 2.05) is 49.1 Å². The zero-order valence-corrected chi connectivity index (χ0v) is 17.9. The van der Waals surface area contributed by atoms with E-state index in [9.17, 15) is 9.59 Å². The van der Waals surface area contributed by atoms with Crippen LogP contribution in [0.2, 0.25) is 0 Å². The number of carbonyl (C=O) groups excluding carboxylic acids is 2. The third kappa shape index (κ3) is 3.55. The van der Waals surface area contributed by atoms with E-state index in [2.05, 4.69) is 16.0 Å². The number of para-hydroxylation sites is 1. The molecule has 6 heteroatoms. The predicted octanol–water partition coefficient (Wildman–Crippen LogP) is 3.70. The van der Waals surface area contributed by atoms with Gasteiger partial charge in [0.25, 0.3) is 5.91 Å². The fourth-order valence-corrected chi connectivity index (χ4v) is 4.70. The number of methoxy groups -OCH3 is 1. The molecule has 1 saturated heterocycles. The Balaban J connectivity index is 1.61. The molecule has 1 aromatic carbocycles. The molecular formula is C24H29N3O3. The molecular weight excluding hydrogens is 378 g/mol. The summed E-state index contributed by atoms with van der Waals surface area (Å²) in [5.74, 6) is 0.631. The third-order valence-corrected chi connectivity index (χ3v) is 6.60. The summed E-state index contributed by atoms with van der Waals surface area (Å²) in [6, 6.07) is 11.8. The molecule has 1 unspecified atom stereocenters. The average molecular weight is 408 g/mol. The summed E-state index contributed by atoms with van der Waals surface area (Å²) < 4.78 is 5.04. The summed E-state index contributed by atoms with van der Waals surface area (Å²) in [4.78, 5) is 34.4. The lowest BCUT2D eigenvalue weighted by atomic mass is 9.74. The Morgan fingerprint density at radius 1 is 1.13 bits per heavy atom. The normalized spacial score (nSPS) is 18.8. The lowest BCUT2D eigenvalue weighted by Crippen LogP contribution is -2.46. The van der Waals surface area contributed by atoms with Crippen molar-refractivity contribution in [2.75, 3.05) is 36.5 Å². The van der Waals surface area contributed by atoms with Crippen LogP contribution in [0, 0.1) is 11.3 Å². The van der Waals surface area contributed by atoms with Crippen molar-refractivity contribution >= 4 is 23.4 Å². The Morgan fingerprint density at radius 2 is 1.93 bits per heavy atom. The molecule has 0 radical (unpaired) electrons. The van der Waals surface area contributed by atoms with E-state index in [1.165, 1.54) is 12.7 Å². The highest BCUT2D eigenvalue weighted by Gasteiger charge is 2.41. The Labute approximate surface area is 177 Å². The number of rotatable bonds is 4. The number of piperidine rings is 1. The first-order valence-corrected chi connectivity index (χ1v) is 10.6. The quantitative estimate of drug-likeness (QED) is 0.723. The van der Waals surface area contributed by atoms with E-state index in [0.717, 1.165) is 31.5 Å². The van der Waals surface area contributed by atoms with Crippen LogP contribution in [-0.4, -0.2) is 43.6 Å².